The molecule has 0 aromatic carbocycles. The molecule has 30 heteroatoms. The van der Waals surface area contributed by atoms with Crippen LogP contribution in [-0.4, -0.2) is 104 Å². The van der Waals surface area contributed by atoms with Gasteiger partial charge in [-0.3, -0.25) is 0 Å². The molecular weight excluding hydrogens is 691 g/mol. The van der Waals surface area contributed by atoms with E-state index in [9.17, 15) is 75.1 Å². The molecule has 4 N–H and O–H groups in total. The maximum absolute atomic E-state index is 11.1. The number of hydrogen-bond donors (Lipinski definition) is 4. The summed E-state index contributed by atoms with van der Waals surface area (Å²) in [5.41, 5.74) is 0. The van der Waals surface area contributed by atoms with Crippen molar-refractivity contribution in [2.45, 2.75) is 6.42 Å². The van der Waals surface area contributed by atoms with Crippen LogP contribution in [0.5, 0.6) is 0 Å². The molecule has 0 amide bonds. The molecule has 1 rings (SSSR count). The van der Waals surface area contributed by atoms with Crippen LogP contribution in [0.4, 0.5) is 7.77 Å². The smallest absolute Gasteiger partial charge is 0.212 e. The minimum atomic E-state index is -5.49. The zero-order valence-corrected chi connectivity index (χ0v) is 25.2. The highest BCUT2D eigenvalue weighted by Crippen LogP contribution is 2.03. The van der Waals surface area contributed by atoms with E-state index in [1.54, 1.807) is 4.13 Å². The molecule has 0 radical (unpaired) electrons. The lowest BCUT2D eigenvalue weighted by Crippen LogP contribution is -2.39. The average molecular weight is 713 g/mol. The molecule has 0 atom stereocenters. The highest BCUT2D eigenvalue weighted by molar-refractivity contribution is 8.05. The summed E-state index contributed by atoms with van der Waals surface area (Å²) in [6.07, 6.45) is 3.28. The highest BCUT2D eigenvalue weighted by atomic mass is 32.3. The molecule has 0 saturated carbocycles. The minimum absolute atomic E-state index is 0.0694. The van der Waals surface area contributed by atoms with E-state index in [1.807, 2.05) is 0 Å². The van der Waals surface area contributed by atoms with Gasteiger partial charge in [-0.2, -0.15) is 16.8 Å². The van der Waals surface area contributed by atoms with E-state index in [-0.39, 0.29) is 22.1 Å². The summed E-state index contributed by atoms with van der Waals surface area (Å²) in [6, 6.07) is 0. The van der Waals surface area contributed by atoms with Crippen molar-refractivity contribution in [1.82, 2.24) is 16.5 Å². The molecule has 0 unspecified atom stereocenters. The summed E-state index contributed by atoms with van der Waals surface area (Å²) in [4.78, 5) is 0. The van der Waals surface area contributed by atoms with E-state index in [0.29, 0.717) is 0 Å². The SMILES string of the molecule is CS(=O)(=O)NS(C)(=O)=O.CS(=O)(=O)NS(C)(=O)=O.O=S(=O)(F)NS(=O)(=O)F.O=S1(=O)CCCS(=O)(=O)N1. The molecule has 0 aliphatic carbocycles. The van der Waals surface area contributed by atoms with Gasteiger partial charge in [-0.25, -0.2) is 50.5 Å². The molecule has 228 valence electrons. The zero-order chi connectivity index (χ0) is 30.9. The van der Waals surface area contributed by atoms with Gasteiger partial charge in [0.15, 0.2) is 0 Å². The second-order valence-corrected chi connectivity index (χ2v) is 20.2. The van der Waals surface area contributed by atoms with Crippen LogP contribution in [-0.2, 0) is 81.0 Å². The van der Waals surface area contributed by atoms with Gasteiger partial charge in [0, 0.05) is 0 Å². The van der Waals surface area contributed by atoms with Crippen molar-refractivity contribution in [2.75, 3.05) is 36.5 Å². The van der Waals surface area contributed by atoms with Crippen molar-refractivity contribution < 1.29 is 75.1 Å². The fraction of sp³-hybridized carbons (Fsp3) is 1.00. The second kappa shape index (κ2) is 14.1. The lowest BCUT2D eigenvalue weighted by atomic mass is 10.6. The molecule has 20 nitrogen and oxygen atoms in total. The van der Waals surface area contributed by atoms with Crippen molar-refractivity contribution in [3.8, 4) is 0 Å². The molecule has 0 aromatic heterocycles. The molecule has 1 aliphatic heterocycles. The Morgan fingerprint density at radius 2 is 0.730 bits per heavy atom. The third-order valence-electron chi connectivity index (χ3n) is 1.88. The molecule has 0 spiro atoms. The van der Waals surface area contributed by atoms with Crippen LogP contribution in [0.1, 0.15) is 6.42 Å². The number of rotatable bonds is 6. The second-order valence-electron chi connectivity index (χ2n) is 6.29. The van der Waals surface area contributed by atoms with Crippen LogP contribution < -0.4 is 16.5 Å². The standard InChI is InChI=1S/C3H7NO4S2.2C2H7NO4S2.F2HNO4S2/c5-9(6)2-1-3-10(7,8)4-9;3*1-8(4,5)3-9(2,6)7/h4H,1-3H2;2*3H,1-2H3;3H. The van der Waals surface area contributed by atoms with Crippen molar-refractivity contribution in [3.05, 3.63) is 0 Å². The number of nitrogens with one attached hydrogen (secondary N) is 4. The molecule has 1 heterocycles. The van der Waals surface area contributed by atoms with Gasteiger partial charge in [-0.05, 0) is 6.42 Å². The van der Waals surface area contributed by atoms with E-state index in [1.165, 1.54) is 8.25 Å². The fourth-order valence-electron chi connectivity index (χ4n) is 1.38. The van der Waals surface area contributed by atoms with Crippen LogP contribution in [0.15, 0.2) is 0 Å². The first kappa shape index (κ1) is 40.8. The largest absolute Gasteiger partial charge is 0.387 e. The Morgan fingerprint density at radius 1 is 0.514 bits per heavy atom. The van der Waals surface area contributed by atoms with E-state index in [0.717, 1.165) is 25.0 Å². The van der Waals surface area contributed by atoms with Gasteiger partial charge in [-0.15, -0.1) is 12.4 Å². The third-order valence-corrected chi connectivity index (χ3v) is 12.0. The lowest BCUT2D eigenvalue weighted by Gasteiger charge is -2.11. The monoisotopic (exact) mass is 712 g/mol. The average Bonchev–Trinajstić information content (AvgIpc) is 2.32. The van der Waals surface area contributed by atoms with Crippen molar-refractivity contribution >= 4 is 81.0 Å². The van der Waals surface area contributed by atoms with Gasteiger partial charge in [0.2, 0.25) is 60.1 Å². The molecule has 1 fully saturated rings. The molecule has 0 aromatic rings. The maximum Gasteiger partial charge on any atom is 0.387 e. The van der Waals surface area contributed by atoms with E-state index in [2.05, 4.69) is 0 Å². The van der Waals surface area contributed by atoms with Gasteiger partial charge in [-0.1, -0.05) is 11.9 Å². The summed E-state index contributed by atoms with van der Waals surface area (Å²) >= 11 is 0. The summed E-state index contributed by atoms with van der Waals surface area (Å²) in [5.74, 6) is -0.182. The molecule has 1 aliphatic rings. The Kier molecular flexibility index (Phi) is 15.5. The Morgan fingerprint density at radius 3 is 0.784 bits per heavy atom. The molecule has 1 saturated heterocycles. The fourth-order valence-corrected chi connectivity index (χ4v) is 10.2. The first-order valence-electron chi connectivity index (χ1n) is 7.82. The Balaban J connectivity index is -0.000000417. The van der Waals surface area contributed by atoms with Gasteiger partial charge >= 0.3 is 20.8 Å². The predicted octanol–water partition coefficient (Wildman–Crippen LogP) is -5.37. The molecule has 0 bridgehead atoms. The zero-order valence-electron chi connectivity index (χ0n) is 18.7. The third kappa shape index (κ3) is 40.0. The molecular formula is C7H22F2N4O16S8. The normalized spacial score (nSPS) is 17.9. The quantitative estimate of drug-likeness (QED) is 0.187. The Bertz CT molecular complexity index is 1370. The van der Waals surface area contributed by atoms with Crippen LogP contribution in [0, 0.1) is 0 Å². The van der Waals surface area contributed by atoms with Gasteiger partial charge < -0.3 is 0 Å². The van der Waals surface area contributed by atoms with Gasteiger partial charge in [0.25, 0.3) is 0 Å². The maximum atomic E-state index is 11.1. The van der Waals surface area contributed by atoms with Gasteiger partial charge in [0.05, 0.1) is 36.5 Å². The van der Waals surface area contributed by atoms with Crippen molar-refractivity contribution in [2.24, 2.45) is 0 Å². The van der Waals surface area contributed by atoms with E-state index in [4.69, 9.17) is 0 Å². The lowest BCUT2D eigenvalue weighted by molar-refractivity contribution is 0.526. The molecule has 37 heavy (non-hydrogen) atoms. The van der Waals surface area contributed by atoms with Crippen LogP contribution in [0.3, 0.4) is 0 Å². The number of halogens is 2. The Hall–Kier alpha value is -0.700. The number of sulfonamides is 6. The van der Waals surface area contributed by atoms with Crippen LogP contribution >= 0.6 is 0 Å². The summed E-state index contributed by atoms with van der Waals surface area (Å²) in [5, 5.41) is 0. The highest BCUT2D eigenvalue weighted by Gasteiger charge is 2.25. The van der Waals surface area contributed by atoms with Crippen molar-refractivity contribution in [3.63, 3.8) is 0 Å². The van der Waals surface area contributed by atoms with E-state index < -0.39 is 81.0 Å². The summed E-state index contributed by atoms with van der Waals surface area (Å²) < 4.78 is 187. The van der Waals surface area contributed by atoms with Crippen molar-refractivity contribution in [1.29, 1.82) is 0 Å². The first-order chi connectivity index (χ1) is 15.5. The number of hydrogen-bond acceptors (Lipinski definition) is 16. The van der Waals surface area contributed by atoms with Crippen LogP contribution in [0.2, 0.25) is 0 Å². The van der Waals surface area contributed by atoms with E-state index >= 15 is 0 Å². The summed E-state index contributed by atoms with van der Waals surface area (Å²) in [6.45, 7) is 0. The predicted molar refractivity (Wildman–Crippen MR) is 124 cm³/mol. The minimum Gasteiger partial charge on any atom is -0.212 e. The summed E-state index contributed by atoms with van der Waals surface area (Å²) in [7, 11) is -32.5. The Labute approximate surface area is 214 Å². The van der Waals surface area contributed by atoms with Gasteiger partial charge in [0.1, 0.15) is 0 Å². The first-order valence-corrected chi connectivity index (χ1v) is 21.5. The topological polar surface area (TPSA) is 321 Å². The van der Waals surface area contributed by atoms with Crippen LogP contribution in [0.25, 0.3) is 0 Å².